The van der Waals surface area contributed by atoms with Crippen molar-refractivity contribution in [2.45, 2.75) is 14.4 Å². The van der Waals surface area contributed by atoms with Crippen LogP contribution in [-0.4, -0.2) is 13.1 Å². The topological polar surface area (TPSA) is 35.8 Å². The maximum absolute atomic E-state index is 8.36. The summed E-state index contributed by atoms with van der Waals surface area (Å²) in [4.78, 5) is 0. The molecule has 0 aromatic rings. The van der Waals surface area contributed by atoms with Crippen molar-refractivity contribution in [2.75, 3.05) is 13.1 Å². The fourth-order valence-electron chi connectivity index (χ4n) is 0.579. The zero-order valence-electron chi connectivity index (χ0n) is 4.36. The zero-order chi connectivity index (χ0) is 5.33. The number of hydrogen-bond donors (Lipinski definition) is 1. The van der Waals surface area contributed by atoms with E-state index in [1.165, 1.54) is 0 Å². The van der Waals surface area contributed by atoms with Gasteiger partial charge in [-0.25, -0.2) is 0 Å². The maximum atomic E-state index is 8.36. The molecular weight excluding hydrogens is 100 g/mol. The second kappa shape index (κ2) is 2.15. The van der Waals surface area contributed by atoms with E-state index in [0.717, 1.165) is 13.1 Å². The summed E-state index contributed by atoms with van der Waals surface area (Å²) in [6.45, 7) is 3.69. The third-order valence-electron chi connectivity index (χ3n) is 1.30. The molecule has 8 heavy (non-hydrogen) atoms. The first-order valence-corrected chi connectivity index (χ1v) is 2.39. The number of nitrogens with one attached hydrogen (secondary N) is 1. The molecule has 0 amide bonds. The highest BCUT2D eigenvalue weighted by atomic mass is 15.0. The highest BCUT2D eigenvalue weighted by molar-refractivity contribution is 5.04. The molecule has 0 bridgehead atoms. The van der Waals surface area contributed by atoms with E-state index in [2.05, 4.69) is 11.4 Å². The Morgan fingerprint density at radius 3 is 2.12 bits per heavy atom. The van der Waals surface area contributed by atoms with E-state index in [-0.39, 0.29) is 12.8 Å². The van der Waals surface area contributed by atoms with Gasteiger partial charge in [-0.2, -0.15) is 5.26 Å². The van der Waals surface area contributed by atoms with Gasteiger partial charge in [-0.3, -0.25) is 0 Å². The first-order valence-electron chi connectivity index (χ1n) is 2.39. The number of hydrogen-bond acceptors (Lipinski definition) is 2. The predicted octanol–water partition coefficient (Wildman–Crippen LogP) is 0.756. The molecule has 1 rings (SSSR count). The summed E-state index contributed by atoms with van der Waals surface area (Å²) in [7, 11) is 0. The minimum Gasteiger partial charge on any atom is -0.313 e. The Kier molecular flexibility index (Phi) is 2.00. The van der Waals surface area contributed by atoms with Gasteiger partial charge in [-0.15, -0.1) is 0 Å². The second-order valence-corrected chi connectivity index (χ2v) is 2.28. The summed E-state index contributed by atoms with van der Waals surface area (Å²) >= 11 is 0. The lowest BCUT2D eigenvalue weighted by atomic mass is 9.86. The summed E-state index contributed by atoms with van der Waals surface area (Å²) < 4.78 is 0. The first-order chi connectivity index (χ1) is 3.27. The molecule has 1 aliphatic rings. The van der Waals surface area contributed by atoms with E-state index in [9.17, 15) is 0 Å². The van der Waals surface area contributed by atoms with E-state index in [1.54, 1.807) is 0 Å². The monoisotopic (exact) mass is 112 g/mol. The van der Waals surface area contributed by atoms with Gasteiger partial charge in [0.05, 0.1) is 11.5 Å². The maximum Gasteiger partial charge on any atom is 0.0793 e. The van der Waals surface area contributed by atoms with Crippen molar-refractivity contribution in [2.24, 2.45) is 5.41 Å². The first kappa shape index (κ1) is 7.45. The highest BCUT2D eigenvalue weighted by Crippen LogP contribution is 2.18. The molecule has 2 nitrogen and oxygen atoms in total. The Morgan fingerprint density at radius 1 is 1.62 bits per heavy atom. The van der Waals surface area contributed by atoms with Gasteiger partial charge >= 0.3 is 0 Å². The molecule has 0 spiro atoms. The van der Waals surface area contributed by atoms with E-state index in [1.807, 2.05) is 6.92 Å². The average molecular weight is 112 g/mol. The molecule has 0 unspecified atom stereocenters. The number of rotatable bonds is 0. The molecule has 0 aromatic carbocycles. The zero-order valence-corrected chi connectivity index (χ0v) is 4.36. The lowest BCUT2D eigenvalue weighted by molar-refractivity contribution is 0.280. The van der Waals surface area contributed by atoms with Crippen LogP contribution in [-0.2, 0) is 0 Å². The normalized spacial score (nSPS) is 22.0. The van der Waals surface area contributed by atoms with Crippen LogP contribution >= 0.6 is 0 Å². The van der Waals surface area contributed by atoms with Crippen LogP contribution in [0.15, 0.2) is 0 Å². The van der Waals surface area contributed by atoms with E-state index in [4.69, 9.17) is 5.26 Å². The van der Waals surface area contributed by atoms with Crippen LogP contribution in [0.3, 0.4) is 0 Å². The Balaban J connectivity index is 0.000000490. The molecule has 1 aliphatic heterocycles. The molecule has 0 aromatic heterocycles. The van der Waals surface area contributed by atoms with Crippen LogP contribution in [0.4, 0.5) is 0 Å². The number of nitrogens with zero attached hydrogens (tertiary/aromatic N) is 1. The SMILES string of the molecule is C.CC1(C#N)CNC1. The molecule has 0 aliphatic carbocycles. The Morgan fingerprint density at radius 2 is 2.12 bits per heavy atom. The second-order valence-electron chi connectivity index (χ2n) is 2.28. The predicted molar refractivity (Wildman–Crippen MR) is 33.3 cm³/mol. The summed E-state index contributed by atoms with van der Waals surface area (Å²) in [5.74, 6) is 0. The van der Waals surface area contributed by atoms with Gasteiger partial charge in [-0.1, -0.05) is 7.43 Å². The molecule has 1 N–H and O–H groups in total. The quantitative estimate of drug-likeness (QED) is 0.502. The van der Waals surface area contributed by atoms with Crippen molar-refractivity contribution in [1.29, 1.82) is 5.26 Å². The van der Waals surface area contributed by atoms with Crippen LogP contribution in [0, 0.1) is 16.7 Å². The van der Waals surface area contributed by atoms with Crippen molar-refractivity contribution in [1.82, 2.24) is 5.32 Å². The molecule has 1 fully saturated rings. The summed E-state index contributed by atoms with van der Waals surface area (Å²) in [5, 5.41) is 11.4. The van der Waals surface area contributed by atoms with Crippen LogP contribution in [0.1, 0.15) is 14.4 Å². The third-order valence-corrected chi connectivity index (χ3v) is 1.30. The Hall–Kier alpha value is -0.550. The Bertz CT molecular complexity index is 108. The minimum absolute atomic E-state index is 0. The highest BCUT2D eigenvalue weighted by Gasteiger charge is 2.30. The largest absolute Gasteiger partial charge is 0.313 e. The average Bonchev–Trinajstić information content (AvgIpc) is 1.61. The smallest absolute Gasteiger partial charge is 0.0793 e. The van der Waals surface area contributed by atoms with Gasteiger partial charge in [0.25, 0.3) is 0 Å². The lowest BCUT2D eigenvalue weighted by Crippen LogP contribution is -2.50. The molecular formula is C6H12N2. The molecule has 1 heterocycles. The van der Waals surface area contributed by atoms with E-state index < -0.39 is 0 Å². The lowest BCUT2D eigenvalue weighted by Gasteiger charge is -2.31. The molecule has 0 radical (unpaired) electrons. The van der Waals surface area contributed by atoms with Crippen LogP contribution < -0.4 is 5.32 Å². The standard InChI is InChI=1S/C5H8N2.CH4/c1-5(2-6)3-7-4-5;/h7H,3-4H2,1H3;1H4. The van der Waals surface area contributed by atoms with Crippen molar-refractivity contribution < 1.29 is 0 Å². The fourth-order valence-corrected chi connectivity index (χ4v) is 0.579. The van der Waals surface area contributed by atoms with Crippen LogP contribution in [0.2, 0.25) is 0 Å². The number of nitriles is 1. The van der Waals surface area contributed by atoms with Gasteiger partial charge in [0, 0.05) is 13.1 Å². The van der Waals surface area contributed by atoms with Crippen molar-refractivity contribution in [3.63, 3.8) is 0 Å². The van der Waals surface area contributed by atoms with E-state index in [0.29, 0.717) is 0 Å². The van der Waals surface area contributed by atoms with Crippen molar-refractivity contribution >= 4 is 0 Å². The van der Waals surface area contributed by atoms with Gasteiger partial charge in [0.1, 0.15) is 0 Å². The van der Waals surface area contributed by atoms with Gasteiger partial charge in [0.15, 0.2) is 0 Å². The summed E-state index contributed by atoms with van der Waals surface area (Å²) in [6.07, 6.45) is 0. The fraction of sp³-hybridized carbons (Fsp3) is 0.833. The summed E-state index contributed by atoms with van der Waals surface area (Å²) in [6, 6.07) is 2.22. The molecule has 2 heteroatoms. The van der Waals surface area contributed by atoms with Crippen molar-refractivity contribution in [3.8, 4) is 6.07 Å². The van der Waals surface area contributed by atoms with Crippen molar-refractivity contribution in [3.05, 3.63) is 0 Å². The van der Waals surface area contributed by atoms with E-state index >= 15 is 0 Å². The van der Waals surface area contributed by atoms with Crippen LogP contribution in [0.5, 0.6) is 0 Å². The molecule has 1 saturated heterocycles. The van der Waals surface area contributed by atoms with Gasteiger partial charge in [0.2, 0.25) is 0 Å². The van der Waals surface area contributed by atoms with Crippen LogP contribution in [0.25, 0.3) is 0 Å². The third kappa shape index (κ3) is 0.988. The molecule has 0 atom stereocenters. The molecule has 46 valence electrons. The van der Waals surface area contributed by atoms with Gasteiger partial charge in [-0.05, 0) is 6.92 Å². The Labute approximate surface area is 50.5 Å². The van der Waals surface area contributed by atoms with Gasteiger partial charge < -0.3 is 5.32 Å². The minimum atomic E-state index is -0.0417. The summed E-state index contributed by atoms with van der Waals surface area (Å²) in [5.41, 5.74) is -0.0417. The molecule has 0 saturated carbocycles.